The minimum absolute atomic E-state index is 0.170. The molecule has 0 saturated carbocycles. The van der Waals surface area contributed by atoms with E-state index < -0.39 is 6.10 Å². The van der Waals surface area contributed by atoms with E-state index in [0.29, 0.717) is 6.61 Å². The van der Waals surface area contributed by atoms with Gasteiger partial charge in [-0.15, -0.1) is 0 Å². The molecule has 0 unspecified atom stereocenters. The molecule has 0 aliphatic carbocycles. The fourth-order valence-electron chi connectivity index (χ4n) is 1.90. The third-order valence-electron chi connectivity index (χ3n) is 2.65. The second kappa shape index (κ2) is 3.49. The van der Waals surface area contributed by atoms with Crippen LogP contribution in [0.2, 0.25) is 0 Å². The molecule has 13 heavy (non-hydrogen) atoms. The molecule has 2 heterocycles. The zero-order valence-electron chi connectivity index (χ0n) is 7.44. The van der Waals surface area contributed by atoms with E-state index in [1.165, 1.54) is 0 Å². The van der Waals surface area contributed by atoms with Gasteiger partial charge in [0.25, 0.3) is 0 Å². The molecule has 0 aromatic rings. The van der Waals surface area contributed by atoms with Crippen molar-refractivity contribution in [3.05, 3.63) is 10.2 Å². The van der Waals surface area contributed by atoms with E-state index in [0.717, 1.165) is 6.42 Å². The molecule has 0 bridgehead atoms. The van der Waals surface area contributed by atoms with Gasteiger partial charge in [-0.3, -0.25) is 0 Å². The summed E-state index contributed by atoms with van der Waals surface area (Å²) in [5.41, 5.74) is -0.293. The van der Waals surface area contributed by atoms with Crippen LogP contribution in [-0.4, -0.2) is 35.6 Å². The fraction of sp³-hybridized carbons (Fsp3) is 0.778. The Kier molecular flexibility index (Phi) is 2.65. The number of aliphatic hydroxyl groups is 1. The highest BCUT2D eigenvalue weighted by Crippen LogP contribution is 2.42. The molecule has 1 N–H and O–H groups in total. The van der Waals surface area contributed by atoms with Crippen LogP contribution in [0.3, 0.4) is 0 Å². The molecule has 2 saturated heterocycles. The van der Waals surface area contributed by atoms with Crippen LogP contribution < -0.4 is 0 Å². The number of aliphatic hydroxyl groups excluding tert-OH is 1. The minimum Gasteiger partial charge on any atom is -0.387 e. The van der Waals surface area contributed by atoms with Crippen molar-refractivity contribution in [1.29, 1.82) is 0 Å². The summed E-state index contributed by atoms with van der Waals surface area (Å²) < 4.78 is 12.8. The second-order valence-corrected chi connectivity index (χ2v) is 4.45. The van der Waals surface area contributed by atoms with Gasteiger partial charge in [0.2, 0.25) is 0 Å². The lowest BCUT2D eigenvalue weighted by Gasteiger charge is -2.35. The first-order valence-electron chi connectivity index (χ1n) is 4.42. The maximum absolute atomic E-state index is 9.90. The van der Waals surface area contributed by atoms with E-state index in [4.69, 9.17) is 9.47 Å². The van der Waals surface area contributed by atoms with Crippen LogP contribution >= 0.6 is 22.6 Å². The molecule has 3 nitrogen and oxygen atoms in total. The first kappa shape index (κ1) is 9.89. The Labute approximate surface area is 91.2 Å². The summed E-state index contributed by atoms with van der Waals surface area (Å²) in [7, 11) is 0. The molecular weight excluding hydrogens is 283 g/mol. The molecule has 2 fully saturated rings. The highest BCUT2D eigenvalue weighted by molar-refractivity contribution is 14.1. The molecule has 2 aliphatic heterocycles. The van der Waals surface area contributed by atoms with E-state index >= 15 is 0 Å². The van der Waals surface area contributed by atoms with Crippen molar-refractivity contribution < 1.29 is 14.6 Å². The van der Waals surface area contributed by atoms with Crippen molar-refractivity contribution in [3.8, 4) is 0 Å². The Bertz CT molecular complexity index is 225. The quantitative estimate of drug-likeness (QED) is 0.585. The summed E-state index contributed by atoms with van der Waals surface area (Å²) >= 11 is 2.13. The third kappa shape index (κ3) is 1.77. The zero-order chi connectivity index (χ0) is 9.47. The lowest BCUT2D eigenvalue weighted by atomic mass is 9.89. The lowest BCUT2D eigenvalue weighted by molar-refractivity contribution is -0.126. The molecule has 4 heteroatoms. The number of halogens is 1. The Morgan fingerprint density at radius 1 is 1.62 bits per heavy atom. The second-order valence-electron chi connectivity index (χ2n) is 3.73. The van der Waals surface area contributed by atoms with Crippen LogP contribution in [0.25, 0.3) is 0 Å². The third-order valence-corrected chi connectivity index (χ3v) is 3.07. The van der Waals surface area contributed by atoms with Gasteiger partial charge in [0.05, 0.1) is 12.7 Å². The Morgan fingerprint density at radius 2 is 2.31 bits per heavy atom. The summed E-state index contributed by atoms with van der Waals surface area (Å²) in [6, 6.07) is 0. The van der Waals surface area contributed by atoms with Gasteiger partial charge in [-0.1, -0.05) is 22.6 Å². The first-order valence-corrected chi connectivity index (χ1v) is 5.67. The number of epoxide rings is 1. The summed E-state index contributed by atoms with van der Waals surface area (Å²) in [6.45, 7) is 2.69. The summed E-state index contributed by atoms with van der Waals surface area (Å²) in [4.78, 5) is 0. The van der Waals surface area contributed by atoms with Crippen LogP contribution in [-0.2, 0) is 9.47 Å². The first-order chi connectivity index (χ1) is 6.18. The van der Waals surface area contributed by atoms with Crippen molar-refractivity contribution >= 4 is 22.6 Å². The van der Waals surface area contributed by atoms with Gasteiger partial charge in [-0.25, -0.2) is 0 Å². The van der Waals surface area contributed by atoms with E-state index in [1.54, 1.807) is 0 Å². The number of rotatable bonds is 1. The van der Waals surface area contributed by atoms with Gasteiger partial charge in [0.15, 0.2) is 0 Å². The number of hydrogen-bond acceptors (Lipinski definition) is 3. The average molecular weight is 296 g/mol. The van der Waals surface area contributed by atoms with Gasteiger partial charge in [-0.05, 0) is 17.1 Å². The van der Waals surface area contributed by atoms with Gasteiger partial charge >= 0.3 is 0 Å². The Morgan fingerprint density at radius 3 is 2.85 bits per heavy atom. The molecule has 0 aromatic carbocycles. The number of hydrogen-bond donors (Lipinski definition) is 1. The zero-order valence-corrected chi connectivity index (χ0v) is 9.60. The monoisotopic (exact) mass is 296 g/mol. The smallest absolute Gasteiger partial charge is 0.123 e. The molecule has 0 aromatic heterocycles. The maximum atomic E-state index is 9.90. The number of ether oxygens (including phenoxy) is 2. The highest BCUT2D eigenvalue weighted by Gasteiger charge is 2.57. The standard InChI is InChI=1S/C9H13IO3/c1-6-4-9(5-12-9)8(11)7(13-6)2-3-10/h2-3,6-8,11H,4-5H2,1H3/b3-2+/t6-,7-,8-,9-/m1/s1. The van der Waals surface area contributed by atoms with Crippen molar-refractivity contribution in [2.75, 3.05) is 6.61 Å². The predicted octanol–water partition coefficient (Wildman–Crippen LogP) is 1.24. The van der Waals surface area contributed by atoms with E-state index in [1.807, 2.05) is 17.1 Å². The SMILES string of the molecule is C[C@@H]1C[C@@]2(CO2)[C@H](O)[C@@H](/C=C/I)O1. The van der Waals surface area contributed by atoms with Crippen LogP contribution in [0.15, 0.2) is 10.2 Å². The molecule has 2 aliphatic rings. The van der Waals surface area contributed by atoms with Crippen LogP contribution in [0.5, 0.6) is 0 Å². The lowest BCUT2D eigenvalue weighted by Crippen LogP contribution is -2.49. The van der Waals surface area contributed by atoms with Gasteiger partial charge in [0.1, 0.15) is 17.8 Å². The molecule has 0 amide bonds. The highest BCUT2D eigenvalue weighted by atomic mass is 127. The Hall–Kier alpha value is 0.350. The average Bonchev–Trinajstić information content (AvgIpc) is 2.81. The molecule has 0 radical (unpaired) electrons. The molecule has 4 atom stereocenters. The van der Waals surface area contributed by atoms with Crippen molar-refractivity contribution in [2.24, 2.45) is 0 Å². The Balaban J connectivity index is 2.10. The van der Waals surface area contributed by atoms with E-state index in [9.17, 15) is 5.11 Å². The molecular formula is C9H13IO3. The van der Waals surface area contributed by atoms with Crippen molar-refractivity contribution in [3.63, 3.8) is 0 Å². The van der Waals surface area contributed by atoms with Gasteiger partial charge in [-0.2, -0.15) is 0 Å². The molecule has 2 rings (SSSR count). The van der Waals surface area contributed by atoms with Crippen LogP contribution in [0, 0.1) is 0 Å². The van der Waals surface area contributed by atoms with E-state index in [2.05, 4.69) is 22.6 Å². The topological polar surface area (TPSA) is 42.0 Å². The summed E-state index contributed by atoms with van der Waals surface area (Å²) in [5.74, 6) is 0. The summed E-state index contributed by atoms with van der Waals surface area (Å²) in [5, 5.41) is 9.90. The van der Waals surface area contributed by atoms with Crippen molar-refractivity contribution in [2.45, 2.75) is 37.3 Å². The minimum atomic E-state index is -0.505. The molecule has 74 valence electrons. The fourth-order valence-corrected chi connectivity index (χ4v) is 2.31. The van der Waals surface area contributed by atoms with Gasteiger partial charge < -0.3 is 14.6 Å². The van der Waals surface area contributed by atoms with Crippen LogP contribution in [0.4, 0.5) is 0 Å². The molecule has 1 spiro atoms. The predicted molar refractivity (Wildman–Crippen MR) is 56.8 cm³/mol. The van der Waals surface area contributed by atoms with Gasteiger partial charge in [0, 0.05) is 6.42 Å². The summed E-state index contributed by atoms with van der Waals surface area (Å²) in [6.07, 6.45) is 2.14. The maximum Gasteiger partial charge on any atom is 0.123 e. The van der Waals surface area contributed by atoms with Crippen LogP contribution in [0.1, 0.15) is 13.3 Å². The van der Waals surface area contributed by atoms with E-state index in [-0.39, 0.29) is 17.8 Å². The van der Waals surface area contributed by atoms with Crippen molar-refractivity contribution in [1.82, 2.24) is 0 Å². The normalized spacial score (nSPS) is 50.2. The largest absolute Gasteiger partial charge is 0.387 e.